The van der Waals surface area contributed by atoms with E-state index in [1.807, 2.05) is 6.07 Å². The molecule has 1 aromatic rings. The molecule has 5 heteroatoms. The normalized spacial score (nSPS) is 16.2. The average Bonchev–Trinajstić information content (AvgIpc) is 2.66. The van der Waals surface area contributed by atoms with E-state index < -0.39 is 0 Å². The van der Waals surface area contributed by atoms with E-state index >= 15 is 0 Å². The van der Waals surface area contributed by atoms with Crippen LogP contribution in [-0.2, 0) is 4.74 Å². The van der Waals surface area contributed by atoms with Gasteiger partial charge in [-0.15, -0.1) is 0 Å². The Morgan fingerprint density at radius 3 is 2.94 bits per heavy atom. The molecule has 0 spiro atoms. The van der Waals surface area contributed by atoms with Crippen LogP contribution in [0.5, 0.6) is 0 Å². The van der Waals surface area contributed by atoms with Crippen LogP contribution in [0.1, 0.15) is 16.8 Å². The van der Waals surface area contributed by atoms with Crippen molar-refractivity contribution in [3.63, 3.8) is 0 Å². The number of nitrogens with one attached hydrogen (secondary N) is 1. The number of benzene rings is 1. The highest BCUT2D eigenvalue weighted by molar-refractivity contribution is 5.96. The molecule has 1 saturated heterocycles. The highest BCUT2D eigenvalue weighted by Crippen LogP contribution is 2.25. The molecule has 98 valence electrons. The van der Waals surface area contributed by atoms with Crippen LogP contribution in [0.4, 0.5) is 11.4 Å². The van der Waals surface area contributed by atoms with Gasteiger partial charge in [0.2, 0.25) is 0 Å². The van der Waals surface area contributed by atoms with Gasteiger partial charge in [0, 0.05) is 32.3 Å². The number of nitrogen functional groups attached to an aromatic ring is 1. The first-order valence-corrected chi connectivity index (χ1v) is 6.16. The van der Waals surface area contributed by atoms with Crippen LogP contribution in [0.25, 0.3) is 0 Å². The standard InChI is InChI=1S/C13H19N3O2/c1-15-13(17)10-3-4-12(11(14)9-10)16-5-2-7-18-8-6-16/h3-4,9H,2,5-8,14H2,1H3,(H,15,17). The first-order valence-electron chi connectivity index (χ1n) is 6.16. The van der Waals surface area contributed by atoms with Gasteiger partial charge in [-0.2, -0.15) is 0 Å². The smallest absolute Gasteiger partial charge is 0.251 e. The minimum Gasteiger partial charge on any atom is -0.397 e. The Labute approximate surface area is 107 Å². The Hall–Kier alpha value is -1.75. The van der Waals surface area contributed by atoms with E-state index in [0.29, 0.717) is 11.3 Å². The molecule has 1 aromatic carbocycles. The Kier molecular flexibility index (Phi) is 4.04. The Morgan fingerprint density at radius 1 is 1.39 bits per heavy atom. The lowest BCUT2D eigenvalue weighted by atomic mass is 10.1. The molecule has 0 aliphatic carbocycles. The van der Waals surface area contributed by atoms with Gasteiger partial charge in [0.1, 0.15) is 0 Å². The maximum Gasteiger partial charge on any atom is 0.251 e. The fourth-order valence-corrected chi connectivity index (χ4v) is 2.12. The fourth-order valence-electron chi connectivity index (χ4n) is 2.12. The summed E-state index contributed by atoms with van der Waals surface area (Å²) in [5, 5.41) is 2.59. The second-order valence-corrected chi connectivity index (χ2v) is 4.31. The van der Waals surface area contributed by atoms with E-state index in [0.717, 1.165) is 38.4 Å². The lowest BCUT2D eigenvalue weighted by Crippen LogP contribution is -2.27. The summed E-state index contributed by atoms with van der Waals surface area (Å²) in [4.78, 5) is 13.7. The lowest BCUT2D eigenvalue weighted by Gasteiger charge is -2.23. The lowest BCUT2D eigenvalue weighted by molar-refractivity contribution is 0.0963. The molecule has 2 rings (SSSR count). The quantitative estimate of drug-likeness (QED) is 0.763. The molecule has 1 aliphatic heterocycles. The zero-order valence-electron chi connectivity index (χ0n) is 10.6. The van der Waals surface area contributed by atoms with Gasteiger partial charge < -0.3 is 20.7 Å². The number of nitrogens with zero attached hydrogens (tertiary/aromatic N) is 1. The van der Waals surface area contributed by atoms with Crippen molar-refractivity contribution in [1.82, 2.24) is 5.32 Å². The summed E-state index contributed by atoms with van der Waals surface area (Å²) in [6.07, 6.45) is 0.997. The van der Waals surface area contributed by atoms with Gasteiger partial charge in [-0.1, -0.05) is 0 Å². The maximum absolute atomic E-state index is 11.5. The Balaban J connectivity index is 2.20. The molecule has 1 heterocycles. The van der Waals surface area contributed by atoms with Crippen molar-refractivity contribution in [3.05, 3.63) is 23.8 Å². The predicted octanol–water partition coefficient (Wildman–Crippen LogP) is 0.855. The van der Waals surface area contributed by atoms with Crippen LogP contribution >= 0.6 is 0 Å². The molecule has 0 bridgehead atoms. The average molecular weight is 249 g/mol. The van der Waals surface area contributed by atoms with Crippen LogP contribution in [0.2, 0.25) is 0 Å². The van der Waals surface area contributed by atoms with E-state index in [9.17, 15) is 4.79 Å². The second-order valence-electron chi connectivity index (χ2n) is 4.31. The number of ether oxygens (including phenoxy) is 1. The number of amides is 1. The molecule has 5 nitrogen and oxygen atoms in total. The van der Waals surface area contributed by atoms with Crippen molar-refractivity contribution in [2.75, 3.05) is 44.0 Å². The molecule has 3 N–H and O–H groups in total. The zero-order chi connectivity index (χ0) is 13.0. The number of carbonyl (C=O) groups excluding carboxylic acids is 1. The molecule has 1 aliphatic rings. The van der Waals surface area contributed by atoms with E-state index in [4.69, 9.17) is 10.5 Å². The fraction of sp³-hybridized carbons (Fsp3) is 0.462. The number of nitrogens with two attached hydrogens (primary N) is 1. The van der Waals surface area contributed by atoms with Crippen LogP contribution in [0.3, 0.4) is 0 Å². The summed E-state index contributed by atoms with van der Waals surface area (Å²) in [5.41, 5.74) is 8.24. The third kappa shape index (κ3) is 2.73. The number of hydrogen-bond acceptors (Lipinski definition) is 4. The van der Waals surface area contributed by atoms with E-state index in [1.165, 1.54) is 0 Å². The van der Waals surface area contributed by atoms with Crippen LogP contribution in [0, 0.1) is 0 Å². The first kappa shape index (κ1) is 12.7. The van der Waals surface area contributed by atoms with E-state index in [1.54, 1.807) is 19.2 Å². The molecule has 0 atom stereocenters. The third-order valence-electron chi connectivity index (χ3n) is 3.08. The molecule has 18 heavy (non-hydrogen) atoms. The highest BCUT2D eigenvalue weighted by Gasteiger charge is 2.14. The van der Waals surface area contributed by atoms with Gasteiger partial charge in [-0.25, -0.2) is 0 Å². The summed E-state index contributed by atoms with van der Waals surface area (Å²) >= 11 is 0. The van der Waals surface area contributed by atoms with Gasteiger partial charge in [-0.05, 0) is 24.6 Å². The van der Waals surface area contributed by atoms with Crippen molar-refractivity contribution in [2.24, 2.45) is 0 Å². The summed E-state index contributed by atoms with van der Waals surface area (Å²) in [5.74, 6) is -0.118. The molecule has 0 radical (unpaired) electrons. The van der Waals surface area contributed by atoms with Crippen molar-refractivity contribution in [2.45, 2.75) is 6.42 Å². The first-order chi connectivity index (χ1) is 8.72. The number of hydrogen-bond donors (Lipinski definition) is 2. The van der Waals surface area contributed by atoms with Crippen molar-refractivity contribution in [3.8, 4) is 0 Å². The van der Waals surface area contributed by atoms with Crippen LogP contribution in [-0.4, -0.2) is 39.3 Å². The molecule has 0 saturated carbocycles. The topological polar surface area (TPSA) is 67.6 Å². The van der Waals surface area contributed by atoms with Crippen LogP contribution < -0.4 is 16.0 Å². The molecule has 0 aromatic heterocycles. The summed E-state index contributed by atoms with van der Waals surface area (Å²) in [6.45, 7) is 3.29. The van der Waals surface area contributed by atoms with E-state index in [2.05, 4.69) is 10.2 Å². The maximum atomic E-state index is 11.5. The van der Waals surface area contributed by atoms with Gasteiger partial charge in [0.25, 0.3) is 5.91 Å². The van der Waals surface area contributed by atoms with E-state index in [-0.39, 0.29) is 5.91 Å². The van der Waals surface area contributed by atoms with Gasteiger partial charge in [-0.3, -0.25) is 4.79 Å². The van der Waals surface area contributed by atoms with Crippen LogP contribution in [0.15, 0.2) is 18.2 Å². The molecule has 1 amide bonds. The third-order valence-corrected chi connectivity index (χ3v) is 3.08. The summed E-state index contributed by atoms with van der Waals surface area (Å²) in [6, 6.07) is 5.43. The zero-order valence-corrected chi connectivity index (χ0v) is 10.6. The van der Waals surface area contributed by atoms with Crippen molar-refractivity contribution < 1.29 is 9.53 Å². The largest absolute Gasteiger partial charge is 0.397 e. The summed E-state index contributed by atoms with van der Waals surface area (Å²) < 4.78 is 5.42. The number of rotatable bonds is 2. The van der Waals surface area contributed by atoms with Crippen molar-refractivity contribution >= 4 is 17.3 Å². The summed E-state index contributed by atoms with van der Waals surface area (Å²) in [7, 11) is 1.61. The SMILES string of the molecule is CNC(=O)c1ccc(N2CCCOCC2)c(N)c1. The van der Waals surface area contributed by atoms with Gasteiger partial charge in [0.15, 0.2) is 0 Å². The molecular weight excluding hydrogens is 230 g/mol. The Morgan fingerprint density at radius 2 is 2.22 bits per heavy atom. The highest BCUT2D eigenvalue weighted by atomic mass is 16.5. The molecule has 0 unspecified atom stereocenters. The predicted molar refractivity (Wildman–Crippen MR) is 71.9 cm³/mol. The number of carbonyl (C=O) groups is 1. The minimum absolute atomic E-state index is 0.118. The minimum atomic E-state index is -0.118. The number of anilines is 2. The van der Waals surface area contributed by atoms with Crippen molar-refractivity contribution in [1.29, 1.82) is 0 Å². The van der Waals surface area contributed by atoms with Gasteiger partial charge in [0.05, 0.1) is 18.0 Å². The molecule has 1 fully saturated rings. The molecular formula is C13H19N3O2. The van der Waals surface area contributed by atoms with Gasteiger partial charge >= 0.3 is 0 Å². The second kappa shape index (κ2) is 5.73. The Bertz CT molecular complexity index is 426. The monoisotopic (exact) mass is 249 g/mol.